The predicted octanol–water partition coefficient (Wildman–Crippen LogP) is 5.08. The molecule has 0 bridgehead atoms. The number of halogens is 2. The summed E-state index contributed by atoms with van der Waals surface area (Å²) in [7, 11) is 0. The van der Waals surface area contributed by atoms with Crippen LogP contribution in [0.5, 0.6) is 0 Å². The standard InChI is InChI=1S/C14H12BrI/c1-10-6-5-9-12(14(10)16)13(15)11-7-3-2-4-8-11/h2-9,13H,1H3. The molecule has 0 amide bonds. The van der Waals surface area contributed by atoms with Crippen molar-refractivity contribution in [1.82, 2.24) is 0 Å². The number of hydrogen-bond acceptors (Lipinski definition) is 0. The lowest BCUT2D eigenvalue weighted by molar-refractivity contribution is 1.15. The van der Waals surface area contributed by atoms with Gasteiger partial charge in [-0.05, 0) is 46.2 Å². The van der Waals surface area contributed by atoms with E-state index in [1.54, 1.807) is 0 Å². The number of benzene rings is 2. The first-order chi connectivity index (χ1) is 7.70. The molecule has 0 aromatic heterocycles. The summed E-state index contributed by atoms with van der Waals surface area (Å²) in [6.45, 7) is 2.15. The van der Waals surface area contributed by atoms with Crippen LogP contribution in [-0.2, 0) is 0 Å². The fourth-order valence-corrected chi connectivity index (χ4v) is 3.45. The maximum atomic E-state index is 3.77. The van der Waals surface area contributed by atoms with Crippen molar-refractivity contribution in [1.29, 1.82) is 0 Å². The molecule has 0 saturated carbocycles. The molecule has 1 unspecified atom stereocenters. The Kier molecular flexibility index (Phi) is 4.03. The van der Waals surface area contributed by atoms with Crippen LogP contribution in [0, 0.1) is 10.5 Å². The molecule has 0 aliphatic heterocycles. The molecule has 2 heteroatoms. The smallest absolute Gasteiger partial charge is 0.0655 e. The Morgan fingerprint density at radius 1 is 1.00 bits per heavy atom. The molecular formula is C14H12BrI. The Labute approximate surface area is 118 Å². The van der Waals surface area contributed by atoms with Crippen LogP contribution in [0.3, 0.4) is 0 Å². The van der Waals surface area contributed by atoms with Gasteiger partial charge in [-0.3, -0.25) is 0 Å². The lowest BCUT2D eigenvalue weighted by Gasteiger charge is -2.14. The van der Waals surface area contributed by atoms with E-state index in [1.807, 2.05) is 6.07 Å². The van der Waals surface area contributed by atoms with Crippen molar-refractivity contribution in [2.45, 2.75) is 11.8 Å². The summed E-state index contributed by atoms with van der Waals surface area (Å²) in [5, 5.41) is 0. The van der Waals surface area contributed by atoms with Gasteiger partial charge >= 0.3 is 0 Å². The highest BCUT2D eigenvalue weighted by Gasteiger charge is 2.13. The third-order valence-corrected chi connectivity index (χ3v) is 5.08. The molecule has 2 aromatic carbocycles. The van der Waals surface area contributed by atoms with Gasteiger partial charge in [0.1, 0.15) is 0 Å². The zero-order valence-corrected chi connectivity index (χ0v) is 12.7. The fourth-order valence-electron chi connectivity index (χ4n) is 1.67. The molecule has 0 radical (unpaired) electrons. The average molecular weight is 387 g/mol. The van der Waals surface area contributed by atoms with E-state index >= 15 is 0 Å². The van der Waals surface area contributed by atoms with Crippen LogP contribution in [0.1, 0.15) is 21.5 Å². The molecule has 1 atom stereocenters. The molecule has 0 heterocycles. The predicted molar refractivity (Wildman–Crippen MR) is 81.1 cm³/mol. The number of alkyl halides is 1. The summed E-state index contributed by atoms with van der Waals surface area (Å²) < 4.78 is 1.34. The van der Waals surface area contributed by atoms with E-state index in [9.17, 15) is 0 Å². The summed E-state index contributed by atoms with van der Waals surface area (Å²) in [6.07, 6.45) is 0. The van der Waals surface area contributed by atoms with Crippen LogP contribution >= 0.6 is 38.5 Å². The molecule has 16 heavy (non-hydrogen) atoms. The van der Waals surface area contributed by atoms with Crippen LogP contribution in [0.15, 0.2) is 48.5 Å². The summed E-state index contributed by atoms with van der Waals surface area (Å²) in [5.41, 5.74) is 3.97. The molecule has 2 rings (SSSR count). The number of aryl methyl sites for hydroxylation is 1. The maximum Gasteiger partial charge on any atom is 0.0655 e. The van der Waals surface area contributed by atoms with Crippen molar-refractivity contribution in [3.05, 3.63) is 68.8 Å². The molecule has 0 nitrogen and oxygen atoms in total. The Balaban J connectivity index is 2.42. The van der Waals surface area contributed by atoms with Gasteiger partial charge in [0, 0.05) is 3.57 Å². The third kappa shape index (κ3) is 2.48. The summed E-state index contributed by atoms with van der Waals surface area (Å²) in [4.78, 5) is 0.278. The van der Waals surface area contributed by atoms with Crippen molar-refractivity contribution in [2.75, 3.05) is 0 Å². The summed E-state index contributed by atoms with van der Waals surface area (Å²) in [5.74, 6) is 0. The van der Waals surface area contributed by atoms with E-state index in [1.165, 1.54) is 20.3 Å². The van der Waals surface area contributed by atoms with Gasteiger partial charge in [-0.1, -0.05) is 64.5 Å². The first kappa shape index (κ1) is 12.1. The van der Waals surface area contributed by atoms with E-state index in [2.05, 4.69) is 87.9 Å². The second-order valence-corrected chi connectivity index (χ2v) is 5.75. The molecule has 0 saturated heterocycles. The molecule has 0 spiro atoms. The molecule has 0 fully saturated rings. The second kappa shape index (κ2) is 5.32. The summed E-state index contributed by atoms with van der Waals surface area (Å²) in [6, 6.07) is 16.9. The zero-order chi connectivity index (χ0) is 11.5. The first-order valence-corrected chi connectivity index (χ1v) is 7.13. The van der Waals surface area contributed by atoms with Crippen molar-refractivity contribution < 1.29 is 0 Å². The first-order valence-electron chi connectivity index (χ1n) is 5.14. The highest BCUT2D eigenvalue weighted by molar-refractivity contribution is 14.1. The van der Waals surface area contributed by atoms with E-state index in [0.29, 0.717) is 0 Å². The second-order valence-electron chi connectivity index (χ2n) is 3.75. The fraction of sp³-hybridized carbons (Fsp3) is 0.143. The minimum Gasteiger partial charge on any atom is -0.0786 e. The van der Waals surface area contributed by atoms with Gasteiger partial charge < -0.3 is 0 Å². The van der Waals surface area contributed by atoms with Gasteiger partial charge in [-0.15, -0.1) is 0 Å². The average Bonchev–Trinajstić information content (AvgIpc) is 2.33. The molecule has 0 N–H and O–H groups in total. The van der Waals surface area contributed by atoms with Crippen LogP contribution in [-0.4, -0.2) is 0 Å². The molecule has 82 valence electrons. The van der Waals surface area contributed by atoms with Gasteiger partial charge in [0.15, 0.2) is 0 Å². The topological polar surface area (TPSA) is 0 Å². The highest BCUT2D eigenvalue weighted by atomic mass is 127. The number of hydrogen-bond donors (Lipinski definition) is 0. The quantitative estimate of drug-likeness (QED) is 0.498. The van der Waals surface area contributed by atoms with Crippen LogP contribution in [0.25, 0.3) is 0 Å². The van der Waals surface area contributed by atoms with Gasteiger partial charge in [-0.2, -0.15) is 0 Å². The maximum absolute atomic E-state index is 3.77. The monoisotopic (exact) mass is 386 g/mol. The molecular weight excluding hydrogens is 375 g/mol. The Morgan fingerprint density at radius 3 is 2.38 bits per heavy atom. The normalized spacial score (nSPS) is 12.4. The van der Waals surface area contributed by atoms with Crippen LogP contribution in [0.4, 0.5) is 0 Å². The Morgan fingerprint density at radius 2 is 1.69 bits per heavy atom. The lowest BCUT2D eigenvalue weighted by Crippen LogP contribution is -1.97. The van der Waals surface area contributed by atoms with E-state index < -0.39 is 0 Å². The van der Waals surface area contributed by atoms with E-state index in [-0.39, 0.29) is 4.83 Å². The minimum absolute atomic E-state index is 0.278. The van der Waals surface area contributed by atoms with E-state index in [4.69, 9.17) is 0 Å². The van der Waals surface area contributed by atoms with Gasteiger partial charge in [0.05, 0.1) is 4.83 Å². The molecule has 2 aromatic rings. The SMILES string of the molecule is Cc1cccc(C(Br)c2ccccc2)c1I. The number of rotatable bonds is 2. The summed E-state index contributed by atoms with van der Waals surface area (Å²) >= 11 is 6.19. The van der Waals surface area contributed by atoms with Crippen molar-refractivity contribution in [3.8, 4) is 0 Å². The van der Waals surface area contributed by atoms with Crippen molar-refractivity contribution in [3.63, 3.8) is 0 Å². The minimum atomic E-state index is 0.278. The van der Waals surface area contributed by atoms with E-state index in [0.717, 1.165) is 0 Å². The van der Waals surface area contributed by atoms with Gasteiger partial charge in [0.2, 0.25) is 0 Å². The molecule has 0 aliphatic carbocycles. The third-order valence-electron chi connectivity index (χ3n) is 2.59. The van der Waals surface area contributed by atoms with Gasteiger partial charge in [-0.25, -0.2) is 0 Å². The van der Waals surface area contributed by atoms with Gasteiger partial charge in [0.25, 0.3) is 0 Å². The highest BCUT2D eigenvalue weighted by Crippen LogP contribution is 2.34. The molecule has 0 aliphatic rings. The Hall–Kier alpha value is -0.350. The zero-order valence-electron chi connectivity index (χ0n) is 8.95. The van der Waals surface area contributed by atoms with Crippen LogP contribution in [0.2, 0.25) is 0 Å². The van der Waals surface area contributed by atoms with Crippen molar-refractivity contribution in [2.24, 2.45) is 0 Å². The lowest BCUT2D eigenvalue weighted by atomic mass is 10.0. The van der Waals surface area contributed by atoms with Crippen molar-refractivity contribution >= 4 is 38.5 Å². The van der Waals surface area contributed by atoms with Crippen LogP contribution < -0.4 is 0 Å². The largest absolute Gasteiger partial charge is 0.0786 e. The Bertz CT molecular complexity index is 479.